The van der Waals surface area contributed by atoms with Crippen molar-refractivity contribution in [3.63, 3.8) is 0 Å². The summed E-state index contributed by atoms with van der Waals surface area (Å²) < 4.78 is 10.5. The molecule has 0 aromatic carbocycles. The first-order valence-corrected chi connectivity index (χ1v) is 5.17. The molecule has 1 aliphatic rings. The van der Waals surface area contributed by atoms with Crippen LogP contribution >= 0.6 is 0 Å². The lowest BCUT2D eigenvalue weighted by Crippen LogP contribution is -2.48. The molecule has 0 saturated carbocycles. The Balaban J connectivity index is 2.40. The van der Waals surface area contributed by atoms with E-state index in [4.69, 9.17) is 9.15 Å². The van der Waals surface area contributed by atoms with Gasteiger partial charge in [-0.05, 0) is 32.9 Å². The fraction of sp³-hybridized carbons (Fsp3) is 0.417. The second-order valence-corrected chi connectivity index (χ2v) is 4.14. The van der Waals surface area contributed by atoms with Crippen LogP contribution in [0.5, 0.6) is 0 Å². The third-order valence-electron chi connectivity index (χ3n) is 2.57. The highest BCUT2D eigenvalue weighted by Gasteiger charge is 2.56. The summed E-state index contributed by atoms with van der Waals surface area (Å²) in [5, 5.41) is 10.3. The highest BCUT2D eigenvalue weighted by Crippen LogP contribution is 2.44. The normalized spacial score (nSPS) is 24.9. The summed E-state index contributed by atoms with van der Waals surface area (Å²) in [6, 6.07) is 3.19. The smallest absolute Gasteiger partial charge is 0.243 e. The van der Waals surface area contributed by atoms with E-state index in [2.05, 4.69) is 0 Å². The van der Waals surface area contributed by atoms with Crippen LogP contribution in [0.1, 0.15) is 26.5 Å². The highest BCUT2D eigenvalue weighted by molar-refractivity contribution is 6.11. The van der Waals surface area contributed by atoms with Gasteiger partial charge in [-0.15, -0.1) is 0 Å². The SMILES string of the molecule is CC1=C(OC(C)C)C(O)(c2ccco2)C1=O. The summed E-state index contributed by atoms with van der Waals surface area (Å²) in [4.78, 5) is 11.7. The molecule has 16 heavy (non-hydrogen) atoms. The van der Waals surface area contributed by atoms with Gasteiger partial charge in [0.1, 0.15) is 0 Å². The van der Waals surface area contributed by atoms with Crippen molar-refractivity contribution in [2.75, 3.05) is 0 Å². The average molecular weight is 222 g/mol. The number of hydrogen-bond donors (Lipinski definition) is 1. The highest BCUT2D eigenvalue weighted by atomic mass is 16.5. The van der Waals surface area contributed by atoms with Crippen LogP contribution in [0.15, 0.2) is 34.1 Å². The van der Waals surface area contributed by atoms with Gasteiger partial charge >= 0.3 is 0 Å². The minimum Gasteiger partial charge on any atom is -0.491 e. The molecule has 0 saturated heterocycles. The van der Waals surface area contributed by atoms with Crippen LogP contribution in [-0.2, 0) is 15.1 Å². The van der Waals surface area contributed by atoms with Crippen LogP contribution in [0.25, 0.3) is 0 Å². The van der Waals surface area contributed by atoms with Crippen molar-refractivity contribution in [2.24, 2.45) is 0 Å². The lowest BCUT2D eigenvalue weighted by molar-refractivity contribution is -0.145. The Morgan fingerprint density at radius 3 is 2.69 bits per heavy atom. The average Bonchev–Trinajstić information content (AvgIpc) is 2.77. The zero-order valence-electron chi connectivity index (χ0n) is 9.48. The van der Waals surface area contributed by atoms with Gasteiger partial charge in [0.25, 0.3) is 0 Å². The Kier molecular flexibility index (Phi) is 2.39. The summed E-state index contributed by atoms with van der Waals surface area (Å²) in [6.45, 7) is 5.31. The minimum absolute atomic E-state index is 0.0977. The van der Waals surface area contributed by atoms with Gasteiger partial charge in [0, 0.05) is 5.57 Å². The first kappa shape index (κ1) is 11.0. The molecule has 2 rings (SSSR count). The Hall–Kier alpha value is -1.55. The largest absolute Gasteiger partial charge is 0.491 e. The van der Waals surface area contributed by atoms with Crippen molar-refractivity contribution in [1.29, 1.82) is 0 Å². The van der Waals surface area contributed by atoms with E-state index in [0.717, 1.165) is 0 Å². The fourth-order valence-corrected chi connectivity index (χ4v) is 1.80. The van der Waals surface area contributed by atoms with Crippen LogP contribution < -0.4 is 0 Å². The summed E-state index contributed by atoms with van der Waals surface area (Å²) in [5.41, 5.74) is -1.27. The summed E-state index contributed by atoms with van der Waals surface area (Å²) in [7, 11) is 0. The lowest BCUT2D eigenvalue weighted by atomic mass is 9.76. The molecule has 1 heterocycles. The van der Waals surface area contributed by atoms with E-state index in [1.807, 2.05) is 13.8 Å². The fourth-order valence-electron chi connectivity index (χ4n) is 1.80. The van der Waals surface area contributed by atoms with Gasteiger partial charge in [-0.3, -0.25) is 4.79 Å². The minimum atomic E-state index is -1.72. The Bertz CT molecular complexity index is 442. The molecule has 0 radical (unpaired) electrons. The first-order valence-electron chi connectivity index (χ1n) is 5.17. The first-order chi connectivity index (χ1) is 7.48. The molecule has 1 N–H and O–H groups in total. The molecular formula is C12H14O4. The molecule has 4 nitrogen and oxygen atoms in total. The molecular weight excluding hydrogens is 208 g/mol. The molecule has 4 heteroatoms. The Morgan fingerprint density at radius 2 is 2.19 bits per heavy atom. The van der Waals surface area contributed by atoms with Gasteiger partial charge in [0.15, 0.2) is 11.5 Å². The third-order valence-corrected chi connectivity index (χ3v) is 2.57. The second kappa shape index (κ2) is 3.49. The van der Waals surface area contributed by atoms with Crippen LogP contribution in [0, 0.1) is 0 Å². The van der Waals surface area contributed by atoms with Crippen molar-refractivity contribution >= 4 is 5.78 Å². The third kappa shape index (κ3) is 1.30. The predicted octanol–water partition coefficient (Wildman–Crippen LogP) is 1.75. The molecule has 86 valence electrons. The number of hydrogen-bond acceptors (Lipinski definition) is 4. The van der Waals surface area contributed by atoms with E-state index in [0.29, 0.717) is 11.3 Å². The van der Waals surface area contributed by atoms with E-state index < -0.39 is 5.60 Å². The van der Waals surface area contributed by atoms with Crippen LogP contribution in [0.4, 0.5) is 0 Å². The predicted molar refractivity (Wildman–Crippen MR) is 56.5 cm³/mol. The van der Waals surface area contributed by atoms with E-state index >= 15 is 0 Å². The summed E-state index contributed by atoms with van der Waals surface area (Å²) in [5.74, 6) is 0.138. The number of ketones is 1. The monoisotopic (exact) mass is 222 g/mol. The standard InChI is InChI=1S/C12H14O4/c1-7(2)16-11-8(3)10(13)12(11,14)9-5-4-6-15-9/h4-7,14H,1-3H3. The van der Waals surface area contributed by atoms with Gasteiger partial charge < -0.3 is 14.3 Å². The molecule has 1 aromatic heterocycles. The van der Waals surface area contributed by atoms with Gasteiger partial charge in [0.2, 0.25) is 11.4 Å². The van der Waals surface area contributed by atoms with E-state index in [1.54, 1.807) is 19.1 Å². The molecule has 1 unspecified atom stereocenters. The maximum atomic E-state index is 11.7. The maximum absolute atomic E-state index is 11.7. The quantitative estimate of drug-likeness (QED) is 0.846. The molecule has 1 aliphatic carbocycles. The molecule has 0 bridgehead atoms. The summed E-state index contributed by atoms with van der Waals surface area (Å²) in [6.07, 6.45) is 1.32. The van der Waals surface area contributed by atoms with Crippen LogP contribution in [0.3, 0.4) is 0 Å². The van der Waals surface area contributed by atoms with E-state index in [-0.39, 0.29) is 17.6 Å². The zero-order chi connectivity index (χ0) is 11.9. The lowest BCUT2D eigenvalue weighted by Gasteiger charge is -2.37. The van der Waals surface area contributed by atoms with Crippen molar-refractivity contribution < 1.29 is 19.1 Å². The van der Waals surface area contributed by atoms with Crippen LogP contribution in [-0.4, -0.2) is 17.0 Å². The molecule has 0 aliphatic heterocycles. The molecule has 1 aromatic rings. The Morgan fingerprint density at radius 1 is 1.50 bits per heavy atom. The molecule has 0 amide bonds. The van der Waals surface area contributed by atoms with Crippen molar-refractivity contribution in [3.05, 3.63) is 35.5 Å². The number of carbonyl (C=O) groups is 1. The number of rotatable bonds is 3. The number of Topliss-reactive ketones (excluding diaryl/α,β-unsaturated/α-hetero) is 1. The summed E-state index contributed by atoms with van der Waals surface area (Å²) >= 11 is 0. The van der Waals surface area contributed by atoms with Crippen LogP contribution in [0.2, 0.25) is 0 Å². The maximum Gasteiger partial charge on any atom is 0.243 e. The number of ether oxygens (including phenoxy) is 1. The Labute approximate surface area is 93.5 Å². The number of carbonyl (C=O) groups excluding carboxylic acids is 1. The zero-order valence-corrected chi connectivity index (χ0v) is 9.48. The van der Waals surface area contributed by atoms with Gasteiger partial charge in [-0.25, -0.2) is 0 Å². The topological polar surface area (TPSA) is 59.7 Å². The van der Waals surface area contributed by atoms with Gasteiger partial charge in [0.05, 0.1) is 12.4 Å². The molecule has 0 spiro atoms. The number of aliphatic hydroxyl groups is 1. The second-order valence-electron chi connectivity index (χ2n) is 4.14. The molecule has 1 atom stereocenters. The van der Waals surface area contributed by atoms with Gasteiger partial charge in [-0.1, -0.05) is 0 Å². The van der Waals surface area contributed by atoms with Crippen molar-refractivity contribution in [2.45, 2.75) is 32.5 Å². The molecule has 0 fully saturated rings. The van der Waals surface area contributed by atoms with Crippen molar-refractivity contribution in [1.82, 2.24) is 0 Å². The van der Waals surface area contributed by atoms with Gasteiger partial charge in [-0.2, -0.15) is 0 Å². The van der Waals surface area contributed by atoms with E-state index in [1.165, 1.54) is 6.26 Å². The van der Waals surface area contributed by atoms with E-state index in [9.17, 15) is 9.90 Å². The van der Waals surface area contributed by atoms with Crippen molar-refractivity contribution in [3.8, 4) is 0 Å². The number of furan rings is 1.